The fraction of sp³-hybridized carbons (Fsp3) is 0.500. The lowest BCUT2D eigenvalue weighted by molar-refractivity contribution is 0.414. The van der Waals surface area contributed by atoms with E-state index in [4.69, 9.17) is 10.2 Å². The fourth-order valence-corrected chi connectivity index (χ4v) is 1.33. The zero-order chi connectivity index (χ0) is 9.68. The number of aromatic nitrogens is 2. The van der Waals surface area contributed by atoms with Crippen LogP contribution in [0.25, 0.3) is 0 Å². The van der Waals surface area contributed by atoms with Gasteiger partial charge in [0.1, 0.15) is 0 Å². The first kappa shape index (κ1) is 10.3. The molecule has 0 atom stereocenters. The molecular formula is C8H13N3OS. The summed E-state index contributed by atoms with van der Waals surface area (Å²) in [7, 11) is 0. The van der Waals surface area contributed by atoms with Gasteiger partial charge in [-0.3, -0.25) is 0 Å². The van der Waals surface area contributed by atoms with Gasteiger partial charge in [0.15, 0.2) is 0 Å². The van der Waals surface area contributed by atoms with Gasteiger partial charge in [-0.05, 0) is 6.92 Å². The van der Waals surface area contributed by atoms with Gasteiger partial charge in [0, 0.05) is 18.7 Å². The maximum absolute atomic E-state index is 5.34. The minimum absolute atomic E-state index is 0.535. The summed E-state index contributed by atoms with van der Waals surface area (Å²) in [5, 5.41) is 8.28. The molecule has 5 heteroatoms. The molecule has 1 heterocycles. The number of rotatable bonds is 5. The molecule has 0 aliphatic carbocycles. The lowest BCUT2D eigenvalue weighted by Crippen LogP contribution is -2.02. The molecule has 1 aromatic rings. The van der Waals surface area contributed by atoms with Crippen molar-refractivity contribution in [1.82, 2.24) is 10.2 Å². The molecule has 0 aliphatic rings. The molecule has 0 radical (unpaired) electrons. The number of nitrogens with two attached hydrogens (primary N) is 1. The van der Waals surface area contributed by atoms with E-state index in [0.717, 1.165) is 11.3 Å². The zero-order valence-corrected chi connectivity index (χ0v) is 8.43. The van der Waals surface area contributed by atoms with Gasteiger partial charge >= 0.3 is 0 Å². The summed E-state index contributed by atoms with van der Waals surface area (Å²) in [5.41, 5.74) is 6.43. The summed E-state index contributed by atoms with van der Waals surface area (Å²) < 4.78 is 5.29. The molecule has 72 valence electrons. The van der Waals surface area contributed by atoms with Crippen LogP contribution in [-0.2, 0) is 6.42 Å². The second-order valence-corrected chi connectivity index (χ2v) is 3.67. The van der Waals surface area contributed by atoms with Crippen molar-refractivity contribution in [3.05, 3.63) is 18.0 Å². The molecule has 0 amide bonds. The van der Waals surface area contributed by atoms with Gasteiger partial charge in [-0.2, -0.15) is 0 Å². The van der Waals surface area contributed by atoms with Crippen LogP contribution in [0.15, 0.2) is 21.8 Å². The van der Waals surface area contributed by atoms with Crippen LogP contribution >= 0.6 is 11.8 Å². The third-order valence-electron chi connectivity index (χ3n) is 1.25. The van der Waals surface area contributed by atoms with E-state index in [9.17, 15) is 0 Å². The van der Waals surface area contributed by atoms with Crippen molar-refractivity contribution < 1.29 is 4.42 Å². The SMILES string of the molecule is C=C(C)CSc1nnc(CCN)o1. The van der Waals surface area contributed by atoms with Crippen molar-refractivity contribution in [2.24, 2.45) is 5.73 Å². The van der Waals surface area contributed by atoms with Crippen molar-refractivity contribution in [1.29, 1.82) is 0 Å². The smallest absolute Gasteiger partial charge is 0.276 e. The maximum atomic E-state index is 5.34. The molecule has 2 N–H and O–H groups in total. The minimum atomic E-state index is 0.535. The third-order valence-corrected chi connectivity index (χ3v) is 2.30. The summed E-state index contributed by atoms with van der Waals surface area (Å²) in [4.78, 5) is 0. The quantitative estimate of drug-likeness (QED) is 0.571. The van der Waals surface area contributed by atoms with E-state index < -0.39 is 0 Å². The second kappa shape index (κ2) is 5.04. The van der Waals surface area contributed by atoms with Crippen LogP contribution in [0.2, 0.25) is 0 Å². The van der Waals surface area contributed by atoms with Crippen molar-refractivity contribution in [2.45, 2.75) is 18.6 Å². The zero-order valence-electron chi connectivity index (χ0n) is 7.62. The van der Waals surface area contributed by atoms with E-state index >= 15 is 0 Å². The molecule has 0 aliphatic heterocycles. The second-order valence-electron chi connectivity index (χ2n) is 2.75. The number of hydrogen-bond acceptors (Lipinski definition) is 5. The molecule has 1 aromatic heterocycles. The molecule has 13 heavy (non-hydrogen) atoms. The Morgan fingerprint density at radius 2 is 2.38 bits per heavy atom. The van der Waals surface area contributed by atoms with Gasteiger partial charge in [-0.1, -0.05) is 23.9 Å². The summed E-state index contributed by atoms with van der Waals surface area (Å²) in [6.07, 6.45) is 0.640. The van der Waals surface area contributed by atoms with E-state index in [0.29, 0.717) is 24.1 Å². The first-order valence-corrected chi connectivity index (χ1v) is 5.00. The van der Waals surface area contributed by atoms with Crippen molar-refractivity contribution in [3.8, 4) is 0 Å². The Hall–Kier alpha value is -0.810. The molecule has 0 aromatic carbocycles. The normalized spacial score (nSPS) is 10.3. The van der Waals surface area contributed by atoms with Gasteiger partial charge in [0.05, 0.1) is 0 Å². The minimum Gasteiger partial charge on any atom is -0.416 e. The third kappa shape index (κ3) is 3.61. The molecule has 0 spiro atoms. The van der Waals surface area contributed by atoms with Gasteiger partial charge in [0.25, 0.3) is 5.22 Å². The van der Waals surface area contributed by atoms with E-state index in [1.54, 1.807) is 0 Å². The Bertz CT molecular complexity index is 285. The highest BCUT2D eigenvalue weighted by Gasteiger charge is 2.04. The number of thioether (sulfide) groups is 1. The van der Waals surface area contributed by atoms with Crippen LogP contribution < -0.4 is 5.73 Å². The first-order valence-electron chi connectivity index (χ1n) is 4.02. The van der Waals surface area contributed by atoms with Gasteiger partial charge in [0.2, 0.25) is 5.89 Å². The highest BCUT2D eigenvalue weighted by molar-refractivity contribution is 7.99. The Balaban J connectivity index is 2.44. The fourth-order valence-electron chi connectivity index (χ4n) is 0.706. The van der Waals surface area contributed by atoms with Crippen LogP contribution in [0.1, 0.15) is 12.8 Å². The van der Waals surface area contributed by atoms with E-state index in [-0.39, 0.29) is 0 Å². The topological polar surface area (TPSA) is 64.9 Å². The Morgan fingerprint density at radius 3 is 3.00 bits per heavy atom. The summed E-state index contributed by atoms with van der Waals surface area (Å²) in [5.74, 6) is 1.41. The predicted octanol–water partition coefficient (Wildman–Crippen LogP) is 1.24. The summed E-state index contributed by atoms with van der Waals surface area (Å²) in [6, 6.07) is 0. The highest BCUT2D eigenvalue weighted by Crippen LogP contribution is 2.17. The van der Waals surface area contributed by atoms with E-state index in [1.807, 2.05) is 6.92 Å². The summed E-state index contributed by atoms with van der Waals surface area (Å²) in [6.45, 7) is 6.28. The average Bonchev–Trinajstić information content (AvgIpc) is 2.50. The largest absolute Gasteiger partial charge is 0.416 e. The van der Waals surface area contributed by atoms with Crippen LogP contribution in [0.3, 0.4) is 0 Å². The highest BCUT2D eigenvalue weighted by atomic mass is 32.2. The van der Waals surface area contributed by atoms with Crippen LogP contribution in [0.4, 0.5) is 0 Å². The van der Waals surface area contributed by atoms with E-state index in [1.165, 1.54) is 11.8 Å². The number of hydrogen-bond donors (Lipinski definition) is 1. The Kier molecular flexibility index (Phi) is 3.98. The molecule has 0 saturated carbocycles. The first-order chi connectivity index (χ1) is 6.22. The Morgan fingerprint density at radius 1 is 1.62 bits per heavy atom. The van der Waals surface area contributed by atoms with Crippen molar-refractivity contribution in [2.75, 3.05) is 12.3 Å². The van der Waals surface area contributed by atoms with Crippen molar-refractivity contribution in [3.63, 3.8) is 0 Å². The molecule has 4 nitrogen and oxygen atoms in total. The lowest BCUT2D eigenvalue weighted by Gasteiger charge is -1.92. The monoisotopic (exact) mass is 199 g/mol. The van der Waals surface area contributed by atoms with Crippen LogP contribution in [0.5, 0.6) is 0 Å². The summed E-state index contributed by atoms with van der Waals surface area (Å²) >= 11 is 1.49. The molecule has 1 rings (SSSR count). The van der Waals surface area contributed by atoms with Gasteiger partial charge in [-0.15, -0.1) is 10.2 Å². The van der Waals surface area contributed by atoms with Gasteiger partial charge < -0.3 is 10.2 Å². The van der Waals surface area contributed by atoms with Crippen molar-refractivity contribution >= 4 is 11.8 Å². The molecule has 0 unspecified atom stereocenters. The molecule has 0 fully saturated rings. The molecular weight excluding hydrogens is 186 g/mol. The lowest BCUT2D eigenvalue weighted by atomic mass is 10.4. The standard InChI is InChI=1S/C8H13N3OS/c1-6(2)5-13-8-11-10-7(12-8)3-4-9/h1,3-5,9H2,2H3. The predicted molar refractivity (Wildman–Crippen MR) is 52.6 cm³/mol. The van der Waals surface area contributed by atoms with Crippen LogP contribution in [0, 0.1) is 0 Å². The molecule has 0 bridgehead atoms. The maximum Gasteiger partial charge on any atom is 0.276 e. The van der Waals surface area contributed by atoms with Gasteiger partial charge in [-0.25, -0.2) is 0 Å². The average molecular weight is 199 g/mol. The van der Waals surface area contributed by atoms with Crippen LogP contribution in [-0.4, -0.2) is 22.5 Å². The Labute approximate surface area is 81.6 Å². The number of nitrogens with zero attached hydrogens (tertiary/aromatic N) is 2. The van der Waals surface area contributed by atoms with E-state index in [2.05, 4.69) is 16.8 Å². The molecule has 0 saturated heterocycles.